The zero-order valence-electron chi connectivity index (χ0n) is 11.4. The number of hydrogen-bond donors (Lipinski definition) is 0. The van der Waals surface area contributed by atoms with Crippen molar-refractivity contribution in [2.45, 2.75) is 6.61 Å². The summed E-state index contributed by atoms with van der Waals surface area (Å²) >= 11 is 5.93. The maximum absolute atomic E-state index is 9.00. The Balaban J connectivity index is 1.74. The lowest BCUT2D eigenvalue weighted by Crippen LogP contribution is -1.97. The van der Waals surface area contributed by atoms with Crippen LogP contribution in [0.25, 0.3) is 11.4 Å². The van der Waals surface area contributed by atoms with Crippen molar-refractivity contribution in [3.05, 3.63) is 65.0 Å². The first-order chi connectivity index (χ1) is 10.8. The molecule has 0 amide bonds. The fraction of sp³-hybridized carbons (Fsp3) is 0.0625. The molecule has 0 bridgehead atoms. The average Bonchev–Trinajstić information content (AvgIpc) is 3.02. The zero-order chi connectivity index (χ0) is 15.4. The van der Waals surface area contributed by atoms with Gasteiger partial charge in [0.2, 0.25) is 5.82 Å². The molecule has 108 valence electrons. The van der Waals surface area contributed by atoms with Gasteiger partial charge in [0.05, 0.1) is 5.56 Å². The van der Waals surface area contributed by atoms with Gasteiger partial charge in [0.15, 0.2) is 6.61 Å². The third-order valence-electron chi connectivity index (χ3n) is 2.91. The molecule has 0 aliphatic heterocycles. The van der Waals surface area contributed by atoms with Crippen LogP contribution in [0.2, 0.25) is 5.02 Å². The summed E-state index contributed by atoms with van der Waals surface area (Å²) in [6, 6.07) is 16.2. The summed E-state index contributed by atoms with van der Waals surface area (Å²) in [7, 11) is 0. The molecule has 0 fully saturated rings. The number of halogens is 1. The molecule has 0 atom stereocenters. The molecule has 0 spiro atoms. The van der Waals surface area contributed by atoms with Crippen molar-refractivity contribution in [2.24, 2.45) is 0 Å². The standard InChI is InChI=1S/C16H10ClN3O2/c17-13-6-3-5-11(8-13)16-19-15(22-20-16)10-21-14-7-2-1-4-12(14)9-18/h1-8H,10H2. The normalized spacial score (nSPS) is 10.2. The molecule has 0 aliphatic carbocycles. The molecular weight excluding hydrogens is 302 g/mol. The molecule has 0 unspecified atom stereocenters. The van der Waals surface area contributed by atoms with E-state index in [4.69, 9.17) is 26.1 Å². The van der Waals surface area contributed by atoms with E-state index in [0.717, 1.165) is 5.56 Å². The van der Waals surface area contributed by atoms with E-state index in [9.17, 15) is 0 Å². The summed E-state index contributed by atoms with van der Waals surface area (Å²) in [5.41, 5.74) is 1.22. The van der Waals surface area contributed by atoms with Crippen LogP contribution in [0.5, 0.6) is 5.75 Å². The van der Waals surface area contributed by atoms with Gasteiger partial charge in [0.25, 0.3) is 5.89 Å². The van der Waals surface area contributed by atoms with Crippen LogP contribution >= 0.6 is 11.6 Å². The highest BCUT2D eigenvalue weighted by atomic mass is 35.5. The number of benzene rings is 2. The minimum atomic E-state index is 0.0895. The smallest absolute Gasteiger partial charge is 0.264 e. The van der Waals surface area contributed by atoms with Gasteiger partial charge in [-0.3, -0.25) is 0 Å². The van der Waals surface area contributed by atoms with Crippen molar-refractivity contribution in [3.63, 3.8) is 0 Å². The summed E-state index contributed by atoms with van der Waals surface area (Å²) < 4.78 is 10.7. The van der Waals surface area contributed by atoms with Gasteiger partial charge in [-0.2, -0.15) is 10.2 Å². The van der Waals surface area contributed by atoms with Crippen LogP contribution in [0.1, 0.15) is 11.5 Å². The van der Waals surface area contributed by atoms with Crippen LogP contribution in [0, 0.1) is 11.3 Å². The van der Waals surface area contributed by atoms with Crippen molar-refractivity contribution >= 4 is 11.6 Å². The molecule has 22 heavy (non-hydrogen) atoms. The Morgan fingerprint density at radius 3 is 2.86 bits per heavy atom. The van der Waals surface area contributed by atoms with E-state index < -0.39 is 0 Å². The first-order valence-electron chi connectivity index (χ1n) is 6.47. The summed E-state index contributed by atoms with van der Waals surface area (Å²) in [4.78, 5) is 4.25. The fourth-order valence-electron chi connectivity index (χ4n) is 1.88. The molecule has 0 aliphatic rings. The van der Waals surface area contributed by atoms with Gasteiger partial charge >= 0.3 is 0 Å². The Morgan fingerprint density at radius 2 is 2.05 bits per heavy atom. The Kier molecular flexibility index (Phi) is 4.03. The molecular formula is C16H10ClN3O2. The maximum Gasteiger partial charge on any atom is 0.264 e. The molecule has 2 aromatic carbocycles. The van der Waals surface area contributed by atoms with Crippen molar-refractivity contribution in [3.8, 4) is 23.2 Å². The predicted molar refractivity (Wildman–Crippen MR) is 80.2 cm³/mol. The molecule has 0 saturated carbocycles. The topological polar surface area (TPSA) is 71.9 Å². The van der Waals surface area contributed by atoms with E-state index in [1.807, 2.05) is 12.1 Å². The molecule has 3 rings (SSSR count). The number of nitriles is 1. The number of hydrogen-bond acceptors (Lipinski definition) is 5. The third kappa shape index (κ3) is 3.08. The molecule has 1 aromatic heterocycles. The van der Waals surface area contributed by atoms with Crippen LogP contribution in [-0.4, -0.2) is 10.1 Å². The van der Waals surface area contributed by atoms with Crippen molar-refractivity contribution < 1.29 is 9.26 Å². The fourth-order valence-corrected chi connectivity index (χ4v) is 2.07. The number of aromatic nitrogens is 2. The second-order valence-electron chi connectivity index (χ2n) is 4.42. The lowest BCUT2D eigenvalue weighted by molar-refractivity contribution is 0.242. The average molecular weight is 312 g/mol. The number of para-hydroxylation sites is 1. The van der Waals surface area contributed by atoms with E-state index in [-0.39, 0.29) is 6.61 Å². The Hall–Kier alpha value is -2.84. The number of nitrogens with zero attached hydrogens (tertiary/aromatic N) is 3. The lowest BCUT2D eigenvalue weighted by Gasteiger charge is -2.03. The minimum Gasteiger partial charge on any atom is -0.482 e. The largest absolute Gasteiger partial charge is 0.482 e. The highest BCUT2D eigenvalue weighted by Crippen LogP contribution is 2.21. The van der Waals surface area contributed by atoms with Gasteiger partial charge < -0.3 is 9.26 Å². The minimum absolute atomic E-state index is 0.0895. The van der Waals surface area contributed by atoms with Gasteiger partial charge in [-0.05, 0) is 24.3 Å². The van der Waals surface area contributed by atoms with Crippen LogP contribution in [0.3, 0.4) is 0 Å². The Bertz CT molecular complexity index is 839. The van der Waals surface area contributed by atoms with Crippen molar-refractivity contribution in [1.29, 1.82) is 5.26 Å². The van der Waals surface area contributed by atoms with Gasteiger partial charge in [-0.1, -0.05) is 41.0 Å². The summed E-state index contributed by atoms with van der Waals surface area (Å²) in [5, 5.41) is 13.5. The van der Waals surface area contributed by atoms with Gasteiger partial charge in [0, 0.05) is 10.6 Å². The van der Waals surface area contributed by atoms with E-state index >= 15 is 0 Å². The van der Waals surface area contributed by atoms with Crippen molar-refractivity contribution in [1.82, 2.24) is 10.1 Å². The quantitative estimate of drug-likeness (QED) is 0.732. The molecule has 0 N–H and O–H groups in total. The van der Waals surface area contributed by atoms with Crippen molar-refractivity contribution in [2.75, 3.05) is 0 Å². The summed E-state index contributed by atoms with van der Waals surface area (Å²) in [6.07, 6.45) is 0. The van der Waals surface area contributed by atoms with Gasteiger partial charge in [-0.25, -0.2) is 0 Å². The summed E-state index contributed by atoms with van der Waals surface area (Å²) in [5.74, 6) is 1.24. The first-order valence-corrected chi connectivity index (χ1v) is 6.84. The van der Waals surface area contributed by atoms with E-state index in [1.165, 1.54) is 0 Å². The number of ether oxygens (including phenoxy) is 1. The monoisotopic (exact) mass is 311 g/mol. The third-order valence-corrected chi connectivity index (χ3v) is 3.14. The van der Waals surface area contributed by atoms with E-state index in [1.54, 1.807) is 36.4 Å². The lowest BCUT2D eigenvalue weighted by atomic mass is 10.2. The van der Waals surface area contributed by atoms with Crippen LogP contribution < -0.4 is 4.74 Å². The predicted octanol–water partition coefficient (Wildman–Crippen LogP) is 3.84. The van der Waals surface area contributed by atoms with E-state index in [0.29, 0.717) is 28.1 Å². The van der Waals surface area contributed by atoms with Gasteiger partial charge in [0.1, 0.15) is 11.8 Å². The number of rotatable bonds is 4. The van der Waals surface area contributed by atoms with Crippen LogP contribution in [0.15, 0.2) is 53.1 Å². The SMILES string of the molecule is N#Cc1ccccc1OCc1nc(-c2cccc(Cl)c2)no1. The van der Waals surface area contributed by atoms with Gasteiger partial charge in [-0.15, -0.1) is 0 Å². The maximum atomic E-state index is 9.00. The Labute approximate surface area is 131 Å². The molecule has 0 radical (unpaired) electrons. The summed E-state index contributed by atoms with van der Waals surface area (Å²) in [6.45, 7) is 0.0895. The Morgan fingerprint density at radius 1 is 1.18 bits per heavy atom. The second-order valence-corrected chi connectivity index (χ2v) is 4.86. The first kappa shape index (κ1) is 14.1. The molecule has 5 nitrogen and oxygen atoms in total. The van der Waals surface area contributed by atoms with Crippen LogP contribution in [-0.2, 0) is 6.61 Å². The highest BCUT2D eigenvalue weighted by Gasteiger charge is 2.10. The van der Waals surface area contributed by atoms with E-state index in [2.05, 4.69) is 16.2 Å². The molecule has 1 heterocycles. The second kappa shape index (κ2) is 6.29. The molecule has 3 aromatic rings. The zero-order valence-corrected chi connectivity index (χ0v) is 12.1. The van der Waals surface area contributed by atoms with Crippen LogP contribution in [0.4, 0.5) is 0 Å². The molecule has 0 saturated heterocycles. The molecule has 6 heteroatoms. The highest BCUT2D eigenvalue weighted by molar-refractivity contribution is 6.30.